The third-order valence-corrected chi connectivity index (χ3v) is 5.04. The molecule has 0 spiro atoms. The van der Waals surface area contributed by atoms with Crippen molar-refractivity contribution in [1.82, 2.24) is 4.90 Å². The first-order valence-electron chi connectivity index (χ1n) is 7.30. The number of amides is 1. The van der Waals surface area contributed by atoms with Crippen molar-refractivity contribution in [2.45, 2.75) is 43.5 Å². The van der Waals surface area contributed by atoms with E-state index in [0.717, 1.165) is 37.8 Å². The summed E-state index contributed by atoms with van der Waals surface area (Å²) in [5.74, 6) is 0.384. The van der Waals surface area contributed by atoms with Gasteiger partial charge in [0.15, 0.2) is 0 Å². The fourth-order valence-electron chi connectivity index (χ4n) is 2.58. The van der Waals surface area contributed by atoms with Crippen LogP contribution in [0.1, 0.15) is 41.6 Å². The van der Waals surface area contributed by atoms with Crippen molar-refractivity contribution >= 4 is 15.9 Å². The zero-order chi connectivity index (χ0) is 15.2. The lowest BCUT2D eigenvalue weighted by Gasteiger charge is -2.23. The van der Waals surface area contributed by atoms with Crippen LogP contribution in [-0.2, 0) is 10.0 Å². The van der Waals surface area contributed by atoms with E-state index in [-0.39, 0.29) is 22.4 Å². The lowest BCUT2D eigenvalue weighted by molar-refractivity contribution is 0.0730. The number of rotatable bonds is 5. The van der Waals surface area contributed by atoms with Crippen LogP contribution in [0.3, 0.4) is 0 Å². The van der Waals surface area contributed by atoms with Crippen molar-refractivity contribution < 1.29 is 13.2 Å². The van der Waals surface area contributed by atoms with Gasteiger partial charge in [-0.1, -0.05) is 11.6 Å². The smallest absolute Gasteiger partial charge is 0.255 e. The Kier molecular flexibility index (Phi) is 3.53. The molecule has 1 amide bonds. The van der Waals surface area contributed by atoms with Gasteiger partial charge >= 0.3 is 0 Å². The van der Waals surface area contributed by atoms with Gasteiger partial charge in [0.1, 0.15) is 0 Å². The predicted octanol–water partition coefficient (Wildman–Crippen LogP) is 1.66. The molecule has 0 bridgehead atoms. The van der Waals surface area contributed by atoms with E-state index < -0.39 is 10.0 Å². The van der Waals surface area contributed by atoms with Crippen LogP contribution in [0.2, 0.25) is 0 Å². The number of nitrogens with zero attached hydrogens (tertiary/aromatic N) is 1. The summed E-state index contributed by atoms with van der Waals surface area (Å²) >= 11 is 0. The molecule has 2 aliphatic rings. The molecular formula is C15H20N2O3S. The summed E-state index contributed by atoms with van der Waals surface area (Å²) in [7, 11) is -3.89. The summed E-state index contributed by atoms with van der Waals surface area (Å²) in [6, 6.07) is 5.00. The minimum absolute atomic E-state index is 0.0699. The number of carbonyl (C=O) groups excluding carboxylic acids is 1. The molecule has 0 atom stereocenters. The van der Waals surface area contributed by atoms with Crippen LogP contribution in [0, 0.1) is 12.8 Å². The van der Waals surface area contributed by atoms with Gasteiger partial charge in [-0.15, -0.1) is 0 Å². The monoisotopic (exact) mass is 308 g/mol. The standard InChI is InChI=1S/C15H20N2O3S/c1-10-2-7-14(21(16,19)20)13(8-10)15(18)17(12-5-6-12)9-11-3-4-11/h2,7-8,11-12H,3-6,9H2,1H3,(H2,16,19,20). The fraction of sp³-hybridized carbons (Fsp3) is 0.533. The Morgan fingerprint density at radius 3 is 2.48 bits per heavy atom. The SMILES string of the molecule is Cc1ccc(S(N)(=O)=O)c(C(=O)N(CC2CC2)C2CC2)c1. The highest BCUT2D eigenvalue weighted by Crippen LogP contribution is 2.36. The van der Waals surface area contributed by atoms with Crippen LogP contribution in [0.4, 0.5) is 0 Å². The maximum absolute atomic E-state index is 12.8. The first-order chi connectivity index (χ1) is 9.86. The first kappa shape index (κ1) is 14.5. The van der Waals surface area contributed by atoms with E-state index in [2.05, 4.69) is 0 Å². The molecule has 0 unspecified atom stereocenters. The Bertz CT molecular complexity index is 676. The molecule has 21 heavy (non-hydrogen) atoms. The summed E-state index contributed by atoms with van der Waals surface area (Å²) < 4.78 is 23.4. The minimum Gasteiger partial charge on any atom is -0.335 e. The molecule has 2 saturated carbocycles. The molecule has 5 nitrogen and oxygen atoms in total. The van der Waals surface area contributed by atoms with Crippen molar-refractivity contribution in [3.63, 3.8) is 0 Å². The molecule has 3 rings (SSSR count). The van der Waals surface area contributed by atoms with Gasteiger partial charge < -0.3 is 4.90 Å². The summed E-state index contributed by atoms with van der Waals surface area (Å²) in [4.78, 5) is 14.6. The van der Waals surface area contributed by atoms with Crippen molar-refractivity contribution in [3.8, 4) is 0 Å². The Morgan fingerprint density at radius 1 is 1.29 bits per heavy atom. The highest BCUT2D eigenvalue weighted by Gasteiger charge is 2.38. The van der Waals surface area contributed by atoms with Gasteiger partial charge in [0.2, 0.25) is 10.0 Å². The first-order valence-corrected chi connectivity index (χ1v) is 8.85. The van der Waals surface area contributed by atoms with E-state index in [9.17, 15) is 13.2 Å². The molecule has 2 N–H and O–H groups in total. The van der Waals surface area contributed by atoms with Crippen LogP contribution in [0.15, 0.2) is 23.1 Å². The second-order valence-electron chi connectivity index (χ2n) is 6.18. The molecule has 114 valence electrons. The molecule has 1 aromatic rings. The Morgan fingerprint density at radius 2 is 1.95 bits per heavy atom. The summed E-state index contributed by atoms with van der Waals surface area (Å²) in [5.41, 5.74) is 1.07. The molecule has 0 saturated heterocycles. The van der Waals surface area contributed by atoms with E-state index in [1.165, 1.54) is 6.07 Å². The van der Waals surface area contributed by atoms with Crippen LogP contribution in [-0.4, -0.2) is 31.8 Å². The average Bonchev–Trinajstić information content (AvgIpc) is 3.25. The van der Waals surface area contributed by atoms with E-state index in [0.29, 0.717) is 5.92 Å². The number of sulfonamides is 1. The summed E-state index contributed by atoms with van der Waals surface area (Å²) in [6.07, 6.45) is 4.34. The van der Waals surface area contributed by atoms with E-state index in [1.807, 2.05) is 11.8 Å². The summed E-state index contributed by atoms with van der Waals surface area (Å²) in [6.45, 7) is 2.58. The van der Waals surface area contributed by atoms with Gasteiger partial charge in [-0.3, -0.25) is 4.79 Å². The van der Waals surface area contributed by atoms with E-state index >= 15 is 0 Å². The van der Waals surface area contributed by atoms with Crippen molar-refractivity contribution in [2.75, 3.05) is 6.54 Å². The molecule has 2 fully saturated rings. The van der Waals surface area contributed by atoms with Crippen LogP contribution >= 0.6 is 0 Å². The molecule has 2 aliphatic carbocycles. The fourth-order valence-corrected chi connectivity index (χ4v) is 3.29. The number of aryl methyl sites for hydroxylation is 1. The predicted molar refractivity (Wildman–Crippen MR) is 79.3 cm³/mol. The number of hydrogen-bond acceptors (Lipinski definition) is 3. The highest BCUT2D eigenvalue weighted by atomic mass is 32.2. The third kappa shape index (κ3) is 3.27. The molecule has 0 aliphatic heterocycles. The third-order valence-electron chi connectivity index (χ3n) is 4.07. The normalized spacial score (nSPS) is 18.6. The van der Waals surface area contributed by atoms with Gasteiger partial charge in [-0.05, 0) is 50.7 Å². The highest BCUT2D eigenvalue weighted by molar-refractivity contribution is 7.89. The average molecular weight is 308 g/mol. The maximum atomic E-state index is 12.8. The van der Waals surface area contributed by atoms with Crippen molar-refractivity contribution in [1.29, 1.82) is 0 Å². The van der Waals surface area contributed by atoms with Crippen LogP contribution in [0.25, 0.3) is 0 Å². The number of nitrogens with two attached hydrogens (primary N) is 1. The largest absolute Gasteiger partial charge is 0.335 e. The lowest BCUT2D eigenvalue weighted by Crippen LogP contribution is -2.36. The van der Waals surface area contributed by atoms with Gasteiger partial charge in [-0.2, -0.15) is 0 Å². The number of benzene rings is 1. The van der Waals surface area contributed by atoms with Gasteiger partial charge in [0, 0.05) is 12.6 Å². The zero-order valence-corrected chi connectivity index (χ0v) is 12.9. The quantitative estimate of drug-likeness (QED) is 0.898. The Hall–Kier alpha value is -1.40. The Balaban J connectivity index is 1.97. The minimum atomic E-state index is -3.89. The van der Waals surface area contributed by atoms with E-state index in [4.69, 9.17) is 5.14 Å². The number of hydrogen-bond donors (Lipinski definition) is 1. The van der Waals surface area contributed by atoms with Crippen LogP contribution in [0.5, 0.6) is 0 Å². The van der Waals surface area contributed by atoms with Crippen molar-refractivity contribution in [3.05, 3.63) is 29.3 Å². The Labute approximate surface area is 125 Å². The zero-order valence-electron chi connectivity index (χ0n) is 12.1. The molecule has 1 aromatic carbocycles. The number of carbonyl (C=O) groups is 1. The van der Waals surface area contributed by atoms with Crippen LogP contribution < -0.4 is 5.14 Å². The second-order valence-corrected chi connectivity index (χ2v) is 7.71. The molecule has 0 radical (unpaired) electrons. The maximum Gasteiger partial charge on any atom is 0.255 e. The van der Waals surface area contributed by atoms with Gasteiger partial charge in [-0.25, -0.2) is 13.6 Å². The van der Waals surface area contributed by atoms with Crippen molar-refractivity contribution in [2.24, 2.45) is 11.1 Å². The molecular weight excluding hydrogens is 288 g/mol. The van der Waals surface area contributed by atoms with Gasteiger partial charge in [0.25, 0.3) is 5.91 Å². The molecule has 6 heteroatoms. The summed E-state index contributed by atoms with van der Waals surface area (Å²) in [5, 5.41) is 5.25. The lowest BCUT2D eigenvalue weighted by atomic mass is 10.1. The molecule has 0 aromatic heterocycles. The topological polar surface area (TPSA) is 80.5 Å². The van der Waals surface area contributed by atoms with Gasteiger partial charge in [0.05, 0.1) is 10.5 Å². The second kappa shape index (κ2) is 5.10. The molecule has 0 heterocycles. The van der Waals surface area contributed by atoms with E-state index in [1.54, 1.807) is 12.1 Å². The number of primary sulfonamides is 1.